The minimum absolute atomic E-state index is 0.0125. The van der Waals surface area contributed by atoms with Crippen molar-refractivity contribution in [3.8, 4) is 0 Å². The molecule has 2 fully saturated rings. The highest BCUT2D eigenvalue weighted by Gasteiger charge is 2.40. The summed E-state index contributed by atoms with van der Waals surface area (Å²) in [4.78, 5) is 28.4. The maximum atomic E-state index is 14.0. The Hall–Kier alpha value is -2.92. The molecule has 2 atom stereocenters. The van der Waals surface area contributed by atoms with Crippen LogP contribution in [0.4, 0.5) is 0 Å². The summed E-state index contributed by atoms with van der Waals surface area (Å²) in [6, 6.07) is 10.9. The third-order valence-corrected chi connectivity index (χ3v) is 7.66. The molecule has 1 amide bonds. The van der Waals surface area contributed by atoms with Crippen LogP contribution < -0.4 is 10.9 Å². The van der Waals surface area contributed by atoms with E-state index in [4.69, 9.17) is 0 Å². The average molecular weight is 472 g/mol. The first-order valence-corrected chi connectivity index (χ1v) is 13.1. The number of carbonyl (C=O) groups excluding carboxylic acids is 1. The van der Waals surface area contributed by atoms with E-state index in [-0.39, 0.29) is 23.3 Å². The first-order valence-electron chi connectivity index (χ1n) is 13.1. The molecule has 1 aromatic heterocycles. The van der Waals surface area contributed by atoms with E-state index in [0.717, 1.165) is 50.6 Å². The Morgan fingerprint density at radius 3 is 2.69 bits per heavy atom. The Morgan fingerprint density at radius 1 is 1.11 bits per heavy atom. The van der Waals surface area contributed by atoms with E-state index in [1.807, 2.05) is 12.3 Å². The van der Waals surface area contributed by atoms with Crippen molar-refractivity contribution < 1.29 is 4.79 Å². The average Bonchev–Trinajstić information content (AvgIpc) is 3.70. The van der Waals surface area contributed by atoms with Gasteiger partial charge in [-0.15, -0.1) is 0 Å². The smallest absolute Gasteiger partial charge is 0.250 e. The lowest BCUT2D eigenvalue weighted by molar-refractivity contribution is -0.138. The second-order valence-electron chi connectivity index (χ2n) is 10.6. The van der Waals surface area contributed by atoms with E-state index >= 15 is 0 Å². The lowest BCUT2D eigenvalue weighted by atomic mass is 9.80. The summed E-state index contributed by atoms with van der Waals surface area (Å²) < 4.78 is 1.59. The number of amides is 1. The molecular formula is C30H37N3O2. The van der Waals surface area contributed by atoms with Crippen LogP contribution in [-0.4, -0.2) is 34.5 Å². The molecule has 5 nitrogen and oxygen atoms in total. The first kappa shape index (κ1) is 23.8. The highest BCUT2D eigenvalue weighted by molar-refractivity contribution is 5.81. The molecule has 35 heavy (non-hydrogen) atoms. The SMILES string of the molecule is Cc1cc(CC2=CCCC=C2)cc(CN(C(=O)[C@H]2CNCC[C@@H]2c2ccn(C)c(=O)c2)C2CC2)c1. The Morgan fingerprint density at radius 2 is 1.94 bits per heavy atom. The monoisotopic (exact) mass is 471 g/mol. The van der Waals surface area contributed by atoms with Crippen molar-refractivity contribution in [2.45, 2.75) is 64.0 Å². The highest BCUT2D eigenvalue weighted by atomic mass is 16.2. The van der Waals surface area contributed by atoms with Gasteiger partial charge in [-0.1, -0.05) is 42.0 Å². The number of pyridine rings is 1. The lowest BCUT2D eigenvalue weighted by Gasteiger charge is -2.36. The van der Waals surface area contributed by atoms with Gasteiger partial charge in [-0.25, -0.2) is 0 Å². The van der Waals surface area contributed by atoms with Gasteiger partial charge < -0.3 is 14.8 Å². The molecule has 1 saturated carbocycles. The molecule has 2 aliphatic carbocycles. The lowest BCUT2D eigenvalue weighted by Crippen LogP contribution is -2.47. The quantitative estimate of drug-likeness (QED) is 0.651. The number of nitrogens with one attached hydrogen (secondary N) is 1. The van der Waals surface area contributed by atoms with E-state index in [1.54, 1.807) is 17.7 Å². The van der Waals surface area contributed by atoms with Crippen LogP contribution in [0.5, 0.6) is 0 Å². The first-order chi connectivity index (χ1) is 17.0. The molecule has 1 aliphatic heterocycles. The van der Waals surface area contributed by atoms with Gasteiger partial charge in [-0.3, -0.25) is 9.59 Å². The van der Waals surface area contributed by atoms with Gasteiger partial charge in [0.05, 0.1) is 5.92 Å². The fraction of sp³-hybridized carbons (Fsp3) is 0.467. The van der Waals surface area contributed by atoms with Gasteiger partial charge in [0.15, 0.2) is 0 Å². The van der Waals surface area contributed by atoms with Crippen molar-refractivity contribution in [2.24, 2.45) is 13.0 Å². The van der Waals surface area contributed by atoms with E-state index in [0.29, 0.717) is 19.1 Å². The van der Waals surface area contributed by atoms with E-state index < -0.39 is 0 Å². The fourth-order valence-corrected chi connectivity index (χ4v) is 5.67. The standard InChI is InChI=1S/C30H37N3O2/c1-21-14-23(16-22-6-4-3-5-7-22)17-24(15-21)20-33(26-8-9-26)30(35)28-19-31-12-10-27(28)25-11-13-32(2)29(34)18-25/h4,6-7,11,13-15,17-18,26-28,31H,3,5,8-10,12,16,19-20H2,1-2H3/t27-,28+/m1/s1. The van der Waals surface area contributed by atoms with Gasteiger partial charge in [0.2, 0.25) is 5.91 Å². The Labute approximate surface area is 208 Å². The van der Waals surface area contributed by atoms with Crippen LogP contribution in [0.1, 0.15) is 60.3 Å². The fourth-order valence-electron chi connectivity index (χ4n) is 5.67. The minimum atomic E-state index is -0.140. The normalized spacial score (nSPS) is 22.1. The number of aryl methyl sites for hydroxylation is 2. The summed E-state index contributed by atoms with van der Waals surface area (Å²) in [6.07, 6.45) is 14.9. The number of nitrogens with zero attached hydrogens (tertiary/aromatic N) is 2. The van der Waals surface area contributed by atoms with Crippen LogP contribution in [0, 0.1) is 12.8 Å². The van der Waals surface area contributed by atoms with Gasteiger partial charge in [0, 0.05) is 38.4 Å². The molecule has 184 valence electrons. The summed E-state index contributed by atoms with van der Waals surface area (Å²) in [5, 5.41) is 3.44. The third-order valence-electron chi connectivity index (χ3n) is 7.66. The van der Waals surface area contributed by atoms with Crippen LogP contribution in [0.3, 0.4) is 0 Å². The molecule has 0 unspecified atom stereocenters. The van der Waals surface area contributed by atoms with Crippen LogP contribution in [0.15, 0.2) is 65.1 Å². The van der Waals surface area contributed by atoms with Crippen molar-refractivity contribution in [2.75, 3.05) is 13.1 Å². The molecule has 2 aromatic rings. The number of carbonyl (C=O) groups is 1. The largest absolute Gasteiger partial charge is 0.335 e. The molecule has 3 aliphatic rings. The summed E-state index contributed by atoms with van der Waals surface area (Å²) in [7, 11) is 1.77. The Balaban J connectivity index is 1.37. The molecule has 0 bridgehead atoms. The highest BCUT2D eigenvalue weighted by Crippen LogP contribution is 2.36. The summed E-state index contributed by atoms with van der Waals surface area (Å²) in [5.41, 5.74) is 6.15. The molecule has 0 radical (unpaired) electrons. The van der Waals surface area contributed by atoms with Gasteiger partial charge in [-0.2, -0.15) is 0 Å². The van der Waals surface area contributed by atoms with E-state index in [9.17, 15) is 9.59 Å². The Bertz CT molecular complexity index is 1200. The second-order valence-corrected chi connectivity index (χ2v) is 10.6. The van der Waals surface area contributed by atoms with Crippen LogP contribution in [-0.2, 0) is 24.8 Å². The van der Waals surface area contributed by atoms with Gasteiger partial charge in [0.1, 0.15) is 0 Å². The predicted molar refractivity (Wildman–Crippen MR) is 140 cm³/mol. The minimum Gasteiger partial charge on any atom is -0.335 e. The topological polar surface area (TPSA) is 54.3 Å². The molecule has 2 heterocycles. The van der Waals surface area contributed by atoms with E-state index in [2.05, 4.69) is 53.6 Å². The van der Waals surface area contributed by atoms with Crippen molar-refractivity contribution in [1.82, 2.24) is 14.8 Å². The number of piperidine rings is 1. The van der Waals surface area contributed by atoms with Crippen LogP contribution >= 0.6 is 0 Å². The zero-order valence-electron chi connectivity index (χ0n) is 21.0. The summed E-state index contributed by atoms with van der Waals surface area (Å²) in [6.45, 7) is 4.35. The number of rotatable bonds is 7. The predicted octanol–water partition coefficient (Wildman–Crippen LogP) is 4.40. The maximum absolute atomic E-state index is 14.0. The molecule has 1 saturated heterocycles. The van der Waals surface area contributed by atoms with Crippen LogP contribution in [0.2, 0.25) is 0 Å². The zero-order valence-corrected chi connectivity index (χ0v) is 21.0. The van der Waals surface area contributed by atoms with Crippen LogP contribution in [0.25, 0.3) is 0 Å². The van der Waals surface area contributed by atoms with E-state index in [1.165, 1.54) is 22.3 Å². The molecule has 5 heteroatoms. The van der Waals surface area contributed by atoms with Crippen molar-refractivity contribution in [3.63, 3.8) is 0 Å². The van der Waals surface area contributed by atoms with Gasteiger partial charge in [-0.05, 0) is 86.2 Å². The van der Waals surface area contributed by atoms with Crippen molar-refractivity contribution in [1.29, 1.82) is 0 Å². The Kier molecular flexibility index (Phi) is 7.05. The number of hydrogen-bond donors (Lipinski definition) is 1. The number of allylic oxidation sites excluding steroid dienone is 4. The third kappa shape index (κ3) is 5.67. The van der Waals surface area contributed by atoms with Crippen molar-refractivity contribution in [3.05, 3.63) is 92.9 Å². The maximum Gasteiger partial charge on any atom is 0.250 e. The number of benzene rings is 1. The summed E-state index contributed by atoms with van der Waals surface area (Å²) >= 11 is 0. The molecule has 1 aromatic carbocycles. The second kappa shape index (κ2) is 10.4. The molecule has 0 spiro atoms. The van der Waals surface area contributed by atoms with Gasteiger partial charge >= 0.3 is 0 Å². The number of aromatic nitrogens is 1. The summed E-state index contributed by atoms with van der Waals surface area (Å²) in [5.74, 6) is 0.168. The molecule has 5 rings (SSSR count). The molecular weight excluding hydrogens is 434 g/mol. The number of hydrogen-bond acceptors (Lipinski definition) is 3. The van der Waals surface area contributed by atoms with Crippen molar-refractivity contribution >= 4 is 5.91 Å². The zero-order chi connectivity index (χ0) is 24.4. The van der Waals surface area contributed by atoms with Gasteiger partial charge in [0.25, 0.3) is 5.56 Å². The molecule has 1 N–H and O–H groups in total.